The zero-order valence-corrected chi connectivity index (χ0v) is 8.14. The summed E-state index contributed by atoms with van der Waals surface area (Å²) in [5.41, 5.74) is 1.15. The van der Waals surface area contributed by atoms with Crippen LogP contribution in [0.1, 0.15) is 5.56 Å². The van der Waals surface area contributed by atoms with Gasteiger partial charge in [-0.05, 0) is 40.0 Å². The van der Waals surface area contributed by atoms with E-state index >= 15 is 0 Å². The van der Waals surface area contributed by atoms with Crippen molar-refractivity contribution in [3.8, 4) is 0 Å². The van der Waals surface area contributed by atoms with Gasteiger partial charge in [0.25, 0.3) is 0 Å². The average Bonchev–Trinajstić information content (AvgIpc) is 2.36. The molecule has 1 aromatic carbocycles. The van der Waals surface area contributed by atoms with Gasteiger partial charge < -0.3 is 0 Å². The van der Waals surface area contributed by atoms with E-state index < -0.39 is 0 Å². The molecular weight excluding hydrogens is 227 g/mol. The molecule has 2 rings (SSSR count). The predicted octanol–water partition coefficient (Wildman–Crippen LogP) is 3.24. The highest BCUT2D eigenvalue weighted by Gasteiger charge is 2.13. The number of fused-ring (bicyclic) bond motifs is 1. The van der Waals surface area contributed by atoms with E-state index in [1.807, 2.05) is 6.07 Å². The third-order valence-electron chi connectivity index (χ3n) is 1.73. The van der Waals surface area contributed by atoms with E-state index in [-0.39, 0.29) is 5.82 Å². The Kier molecular flexibility index (Phi) is 1.93. The maximum atomic E-state index is 12.9. The molecule has 1 aliphatic rings. The summed E-state index contributed by atoms with van der Waals surface area (Å²) in [7, 11) is 0. The molecule has 0 N–H and O–H groups in total. The molecule has 1 heterocycles. The van der Waals surface area contributed by atoms with Crippen LogP contribution in [0.4, 0.5) is 4.39 Å². The van der Waals surface area contributed by atoms with E-state index in [0.29, 0.717) is 4.47 Å². The van der Waals surface area contributed by atoms with Crippen molar-refractivity contribution in [1.82, 2.24) is 0 Å². The normalized spacial score (nSPS) is 15.1. The van der Waals surface area contributed by atoms with Gasteiger partial charge in [0.1, 0.15) is 5.82 Å². The lowest BCUT2D eigenvalue weighted by molar-refractivity contribution is 0.617. The Labute approximate surface area is 77.3 Å². The van der Waals surface area contributed by atoms with Crippen LogP contribution in [0.2, 0.25) is 0 Å². The third kappa shape index (κ3) is 1.32. The Bertz CT molecular complexity index is 269. The number of halogens is 2. The Morgan fingerprint density at radius 3 is 3.09 bits per heavy atom. The van der Waals surface area contributed by atoms with E-state index in [4.69, 9.17) is 0 Å². The van der Waals surface area contributed by atoms with Gasteiger partial charge in [-0.15, -0.1) is 11.8 Å². The van der Waals surface area contributed by atoms with Crippen molar-refractivity contribution in [2.75, 3.05) is 5.75 Å². The summed E-state index contributed by atoms with van der Waals surface area (Å²) >= 11 is 4.95. The lowest BCUT2D eigenvalue weighted by atomic mass is 10.2. The molecule has 3 heteroatoms. The number of benzene rings is 1. The molecule has 0 aliphatic carbocycles. The van der Waals surface area contributed by atoms with Gasteiger partial charge in [-0.25, -0.2) is 4.39 Å². The molecule has 1 aliphatic heterocycles. The Balaban J connectivity index is 2.57. The van der Waals surface area contributed by atoms with Gasteiger partial charge in [-0.3, -0.25) is 0 Å². The summed E-state index contributed by atoms with van der Waals surface area (Å²) in [6.07, 6.45) is 1.00. The fourth-order valence-electron chi connectivity index (χ4n) is 1.17. The number of hydrogen-bond donors (Lipinski definition) is 0. The Hall–Kier alpha value is -0.0200. The van der Waals surface area contributed by atoms with Crippen molar-refractivity contribution in [3.63, 3.8) is 0 Å². The second-order valence-electron chi connectivity index (χ2n) is 2.47. The van der Waals surface area contributed by atoms with Crippen LogP contribution < -0.4 is 0 Å². The lowest BCUT2D eigenvalue weighted by Gasteiger charge is -1.99. The van der Waals surface area contributed by atoms with Crippen LogP contribution in [-0.4, -0.2) is 5.75 Å². The van der Waals surface area contributed by atoms with Crippen molar-refractivity contribution >= 4 is 27.7 Å². The topological polar surface area (TPSA) is 0 Å². The van der Waals surface area contributed by atoms with Crippen LogP contribution in [-0.2, 0) is 6.42 Å². The highest BCUT2D eigenvalue weighted by molar-refractivity contribution is 9.10. The standard InChI is InChI=1S/C8H6BrFS/c9-6-4-8-5(1-2-11-8)3-7(6)10/h3-4H,1-2H2. The minimum absolute atomic E-state index is 0.147. The Morgan fingerprint density at radius 1 is 1.45 bits per heavy atom. The molecule has 0 atom stereocenters. The molecule has 0 fully saturated rings. The van der Waals surface area contributed by atoms with Crippen LogP contribution >= 0.6 is 27.7 Å². The first-order valence-corrected chi connectivity index (χ1v) is 5.16. The predicted molar refractivity (Wildman–Crippen MR) is 48.5 cm³/mol. The number of thioether (sulfide) groups is 1. The number of rotatable bonds is 0. The molecule has 0 spiro atoms. The van der Waals surface area contributed by atoms with Gasteiger partial charge in [-0.1, -0.05) is 0 Å². The minimum Gasteiger partial charge on any atom is -0.206 e. The van der Waals surface area contributed by atoms with Gasteiger partial charge in [-0.2, -0.15) is 0 Å². The van der Waals surface area contributed by atoms with E-state index in [1.54, 1.807) is 17.8 Å². The number of aryl methyl sites for hydroxylation is 1. The first-order valence-electron chi connectivity index (χ1n) is 3.38. The lowest BCUT2D eigenvalue weighted by Crippen LogP contribution is -1.84. The summed E-state index contributed by atoms with van der Waals surface area (Å²) in [6.45, 7) is 0. The summed E-state index contributed by atoms with van der Waals surface area (Å²) in [4.78, 5) is 1.22. The van der Waals surface area contributed by atoms with E-state index in [0.717, 1.165) is 17.7 Å². The Morgan fingerprint density at radius 2 is 2.27 bits per heavy atom. The molecule has 0 saturated heterocycles. The fraction of sp³-hybridized carbons (Fsp3) is 0.250. The van der Waals surface area contributed by atoms with Crippen molar-refractivity contribution < 1.29 is 4.39 Å². The third-order valence-corrected chi connectivity index (χ3v) is 3.44. The van der Waals surface area contributed by atoms with Crippen LogP contribution in [0.15, 0.2) is 21.5 Å². The molecule has 0 aromatic heterocycles. The van der Waals surface area contributed by atoms with E-state index in [9.17, 15) is 4.39 Å². The average molecular weight is 233 g/mol. The van der Waals surface area contributed by atoms with E-state index in [1.165, 1.54) is 4.90 Å². The van der Waals surface area contributed by atoms with E-state index in [2.05, 4.69) is 15.9 Å². The van der Waals surface area contributed by atoms with Gasteiger partial charge in [0.05, 0.1) is 4.47 Å². The second kappa shape index (κ2) is 2.79. The summed E-state index contributed by atoms with van der Waals surface area (Å²) in [5, 5.41) is 0. The van der Waals surface area contributed by atoms with Crippen LogP contribution in [0.5, 0.6) is 0 Å². The largest absolute Gasteiger partial charge is 0.206 e. The maximum Gasteiger partial charge on any atom is 0.137 e. The summed E-state index contributed by atoms with van der Waals surface area (Å²) < 4.78 is 13.5. The molecule has 58 valence electrons. The van der Waals surface area contributed by atoms with Gasteiger partial charge in [0, 0.05) is 10.6 Å². The number of hydrogen-bond acceptors (Lipinski definition) is 1. The zero-order valence-electron chi connectivity index (χ0n) is 5.73. The van der Waals surface area contributed by atoms with Crippen molar-refractivity contribution in [2.24, 2.45) is 0 Å². The smallest absolute Gasteiger partial charge is 0.137 e. The van der Waals surface area contributed by atoms with Gasteiger partial charge in [0.2, 0.25) is 0 Å². The monoisotopic (exact) mass is 232 g/mol. The van der Waals surface area contributed by atoms with Crippen molar-refractivity contribution in [3.05, 3.63) is 28.0 Å². The van der Waals surface area contributed by atoms with Crippen LogP contribution in [0.3, 0.4) is 0 Å². The molecular formula is C8H6BrFS. The highest BCUT2D eigenvalue weighted by Crippen LogP contribution is 2.34. The SMILES string of the molecule is Fc1cc2c(cc1Br)SCC2. The molecule has 11 heavy (non-hydrogen) atoms. The molecule has 0 nitrogen and oxygen atoms in total. The summed E-state index contributed by atoms with van der Waals surface area (Å²) in [6, 6.07) is 3.49. The molecule has 1 aromatic rings. The van der Waals surface area contributed by atoms with Gasteiger partial charge in [0.15, 0.2) is 0 Å². The molecule has 0 saturated carbocycles. The fourth-order valence-corrected chi connectivity index (χ4v) is 2.75. The highest BCUT2D eigenvalue weighted by atomic mass is 79.9. The second-order valence-corrected chi connectivity index (χ2v) is 4.46. The molecule has 0 unspecified atom stereocenters. The maximum absolute atomic E-state index is 12.9. The van der Waals surface area contributed by atoms with Crippen LogP contribution in [0, 0.1) is 5.82 Å². The minimum atomic E-state index is -0.147. The molecule has 0 bridgehead atoms. The summed E-state index contributed by atoms with van der Waals surface area (Å²) in [5.74, 6) is 0.942. The first kappa shape index (κ1) is 7.62. The quantitative estimate of drug-likeness (QED) is 0.662. The zero-order chi connectivity index (χ0) is 7.84. The first-order chi connectivity index (χ1) is 5.27. The van der Waals surface area contributed by atoms with Crippen LogP contribution in [0.25, 0.3) is 0 Å². The van der Waals surface area contributed by atoms with Gasteiger partial charge >= 0.3 is 0 Å². The molecule has 0 radical (unpaired) electrons. The van der Waals surface area contributed by atoms with Crippen molar-refractivity contribution in [2.45, 2.75) is 11.3 Å². The molecule has 0 amide bonds. The van der Waals surface area contributed by atoms with Crippen molar-refractivity contribution in [1.29, 1.82) is 0 Å².